The molecule has 0 amide bonds. The van der Waals surface area contributed by atoms with Gasteiger partial charge in [-0.05, 0) is 36.4 Å². The molecule has 0 aliphatic carbocycles. The molecule has 2 rings (SSSR count). The number of rotatable bonds is 3. The van der Waals surface area contributed by atoms with Gasteiger partial charge in [0, 0.05) is 10.6 Å². The number of anilines is 1. The molecule has 0 heterocycles. The number of aromatic hydroxyl groups is 3. The Kier molecular flexibility index (Phi) is 3.77. The lowest BCUT2D eigenvalue weighted by Crippen LogP contribution is -1.91. The zero-order chi connectivity index (χ0) is 13.8. The average molecular weight is 279 g/mol. The summed E-state index contributed by atoms with van der Waals surface area (Å²) in [6.07, 6.45) is 1.32. The Morgan fingerprint density at radius 2 is 1.63 bits per heavy atom. The van der Waals surface area contributed by atoms with E-state index in [2.05, 4.69) is 10.5 Å². The molecule has 19 heavy (non-hydrogen) atoms. The van der Waals surface area contributed by atoms with E-state index in [1.165, 1.54) is 18.3 Å². The number of hydrogen-bond acceptors (Lipinski definition) is 5. The summed E-state index contributed by atoms with van der Waals surface area (Å²) in [4.78, 5) is 0. The van der Waals surface area contributed by atoms with Gasteiger partial charge in [-0.3, -0.25) is 5.43 Å². The van der Waals surface area contributed by atoms with Crippen LogP contribution >= 0.6 is 11.6 Å². The van der Waals surface area contributed by atoms with Crippen LogP contribution in [0.4, 0.5) is 5.69 Å². The summed E-state index contributed by atoms with van der Waals surface area (Å²) < 4.78 is 0. The molecule has 0 unspecified atom stereocenters. The second-order valence-corrected chi connectivity index (χ2v) is 4.18. The Hall–Kier alpha value is -2.40. The van der Waals surface area contributed by atoms with Crippen LogP contribution in [0.3, 0.4) is 0 Å². The molecule has 0 bridgehead atoms. The lowest BCUT2D eigenvalue weighted by Gasteiger charge is -2.04. The molecule has 6 heteroatoms. The summed E-state index contributed by atoms with van der Waals surface area (Å²) in [6, 6.07) is 9.60. The molecular formula is C13H11ClN2O3. The zero-order valence-corrected chi connectivity index (χ0v) is 10.5. The van der Waals surface area contributed by atoms with Crippen LogP contribution in [0.1, 0.15) is 5.56 Å². The first-order chi connectivity index (χ1) is 9.08. The van der Waals surface area contributed by atoms with Crippen molar-refractivity contribution in [1.29, 1.82) is 0 Å². The predicted molar refractivity (Wildman–Crippen MR) is 74.1 cm³/mol. The fraction of sp³-hybridized carbons (Fsp3) is 0. The second kappa shape index (κ2) is 5.49. The molecule has 0 atom stereocenters. The van der Waals surface area contributed by atoms with Crippen molar-refractivity contribution in [1.82, 2.24) is 0 Å². The van der Waals surface area contributed by atoms with Crippen molar-refractivity contribution >= 4 is 23.5 Å². The maximum Gasteiger partial charge on any atom is 0.200 e. The van der Waals surface area contributed by atoms with Gasteiger partial charge < -0.3 is 15.3 Å². The SMILES string of the molecule is Oc1ccc(C=NNc2ccc(Cl)cc2)c(O)c1O. The summed E-state index contributed by atoms with van der Waals surface area (Å²) >= 11 is 5.74. The molecule has 2 aromatic carbocycles. The maximum absolute atomic E-state index is 9.57. The van der Waals surface area contributed by atoms with E-state index < -0.39 is 11.5 Å². The largest absolute Gasteiger partial charge is 0.504 e. The maximum atomic E-state index is 9.57. The molecule has 0 saturated carbocycles. The number of benzene rings is 2. The molecule has 5 nitrogen and oxygen atoms in total. The average Bonchev–Trinajstić information content (AvgIpc) is 2.41. The third-order valence-corrected chi connectivity index (χ3v) is 2.65. The summed E-state index contributed by atoms with van der Waals surface area (Å²) in [7, 11) is 0. The van der Waals surface area contributed by atoms with Gasteiger partial charge in [-0.2, -0.15) is 5.10 Å². The van der Waals surface area contributed by atoms with Gasteiger partial charge in [0.1, 0.15) is 0 Å². The number of hydrogen-bond donors (Lipinski definition) is 4. The first-order valence-electron chi connectivity index (χ1n) is 5.36. The lowest BCUT2D eigenvalue weighted by atomic mass is 10.2. The lowest BCUT2D eigenvalue weighted by molar-refractivity contribution is 0.367. The Bertz CT molecular complexity index is 612. The second-order valence-electron chi connectivity index (χ2n) is 3.75. The van der Waals surface area contributed by atoms with E-state index >= 15 is 0 Å². The van der Waals surface area contributed by atoms with Gasteiger partial charge in [-0.1, -0.05) is 11.6 Å². The van der Waals surface area contributed by atoms with E-state index in [1.54, 1.807) is 24.3 Å². The molecule has 0 saturated heterocycles. The highest BCUT2D eigenvalue weighted by Crippen LogP contribution is 2.36. The zero-order valence-electron chi connectivity index (χ0n) is 9.71. The highest BCUT2D eigenvalue weighted by molar-refractivity contribution is 6.30. The Labute approximate surface area is 114 Å². The molecule has 0 aromatic heterocycles. The van der Waals surface area contributed by atoms with E-state index in [4.69, 9.17) is 11.6 Å². The molecule has 4 N–H and O–H groups in total. The van der Waals surface area contributed by atoms with Crippen LogP contribution in [0.25, 0.3) is 0 Å². The van der Waals surface area contributed by atoms with Crippen molar-refractivity contribution in [3.8, 4) is 17.2 Å². The normalized spacial score (nSPS) is 10.8. The number of hydrazone groups is 1. The van der Waals surface area contributed by atoms with E-state index in [1.807, 2.05) is 0 Å². The quantitative estimate of drug-likeness (QED) is 0.395. The van der Waals surface area contributed by atoms with Crippen LogP contribution in [0, 0.1) is 0 Å². The van der Waals surface area contributed by atoms with Gasteiger partial charge in [0.2, 0.25) is 5.75 Å². The molecule has 0 aliphatic heterocycles. The van der Waals surface area contributed by atoms with Gasteiger partial charge in [0.05, 0.1) is 11.9 Å². The minimum Gasteiger partial charge on any atom is -0.504 e. The first-order valence-corrected chi connectivity index (χ1v) is 5.74. The Morgan fingerprint density at radius 1 is 0.947 bits per heavy atom. The highest BCUT2D eigenvalue weighted by Gasteiger charge is 2.08. The molecular weight excluding hydrogens is 268 g/mol. The van der Waals surface area contributed by atoms with E-state index in [0.29, 0.717) is 5.02 Å². The van der Waals surface area contributed by atoms with Gasteiger partial charge >= 0.3 is 0 Å². The smallest absolute Gasteiger partial charge is 0.200 e. The van der Waals surface area contributed by atoms with Crippen molar-refractivity contribution < 1.29 is 15.3 Å². The van der Waals surface area contributed by atoms with Crippen LogP contribution in [0.15, 0.2) is 41.5 Å². The molecule has 0 fully saturated rings. The number of phenolic OH excluding ortho intramolecular Hbond substituents is 3. The van der Waals surface area contributed by atoms with Crippen molar-refractivity contribution in [3.05, 3.63) is 47.0 Å². The van der Waals surface area contributed by atoms with E-state index in [-0.39, 0.29) is 11.3 Å². The first kappa shape index (κ1) is 13.0. The summed E-state index contributed by atoms with van der Waals surface area (Å²) in [5.74, 6) is -1.39. The summed E-state index contributed by atoms with van der Waals surface area (Å²) in [5.41, 5.74) is 3.74. The fourth-order valence-corrected chi connectivity index (χ4v) is 1.52. The van der Waals surface area contributed by atoms with Gasteiger partial charge in [0.25, 0.3) is 0 Å². The predicted octanol–water partition coefficient (Wildman–Crippen LogP) is 2.90. The van der Waals surface area contributed by atoms with Gasteiger partial charge in [0.15, 0.2) is 11.5 Å². The van der Waals surface area contributed by atoms with Crippen LogP contribution in [-0.2, 0) is 0 Å². The van der Waals surface area contributed by atoms with Crippen molar-refractivity contribution in [2.75, 3.05) is 5.43 Å². The van der Waals surface area contributed by atoms with Gasteiger partial charge in [-0.25, -0.2) is 0 Å². The van der Waals surface area contributed by atoms with Crippen molar-refractivity contribution in [2.45, 2.75) is 0 Å². The number of halogens is 1. The summed E-state index contributed by atoms with van der Waals surface area (Å²) in [5, 5.41) is 32.6. The topological polar surface area (TPSA) is 85.1 Å². The van der Waals surface area contributed by atoms with Crippen molar-refractivity contribution in [3.63, 3.8) is 0 Å². The number of phenols is 3. The molecule has 2 aromatic rings. The molecule has 0 aliphatic rings. The van der Waals surface area contributed by atoms with E-state index in [9.17, 15) is 15.3 Å². The van der Waals surface area contributed by atoms with Crippen LogP contribution in [0.5, 0.6) is 17.2 Å². The monoisotopic (exact) mass is 278 g/mol. The molecule has 98 valence electrons. The third-order valence-electron chi connectivity index (χ3n) is 2.40. The standard InChI is InChI=1S/C13H11ClN2O3/c14-9-2-4-10(5-3-9)16-15-7-8-1-6-11(17)13(19)12(8)18/h1-7,16-19H. The minimum absolute atomic E-state index is 0.275. The Morgan fingerprint density at radius 3 is 2.32 bits per heavy atom. The van der Waals surface area contributed by atoms with E-state index in [0.717, 1.165) is 5.69 Å². The highest BCUT2D eigenvalue weighted by atomic mass is 35.5. The van der Waals surface area contributed by atoms with Crippen LogP contribution in [0.2, 0.25) is 5.02 Å². The van der Waals surface area contributed by atoms with Crippen LogP contribution in [-0.4, -0.2) is 21.5 Å². The third kappa shape index (κ3) is 3.08. The number of nitrogens with zero attached hydrogens (tertiary/aromatic N) is 1. The number of nitrogens with one attached hydrogen (secondary N) is 1. The fourth-order valence-electron chi connectivity index (χ4n) is 1.39. The molecule has 0 radical (unpaired) electrons. The van der Waals surface area contributed by atoms with Crippen LogP contribution < -0.4 is 5.43 Å². The van der Waals surface area contributed by atoms with Crippen molar-refractivity contribution in [2.24, 2.45) is 5.10 Å². The summed E-state index contributed by atoms with van der Waals surface area (Å²) in [6.45, 7) is 0. The van der Waals surface area contributed by atoms with Gasteiger partial charge in [-0.15, -0.1) is 0 Å². The molecule has 0 spiro atoms. The Balaban J connectivity index is 2.11. The minimum atomic E-state index is -0.574.